The van der Waals surface area contributed by atoms with Crippen molar-refractivity contribution in [2.45, 2.75) is 0 Å². The van der Waals surface area contributed by atoms with E-state index in [1.807, 2.05) is 12.1 Å². The molecule has 2 nitrogen and oxygen atoms in total. The lowest BCUT2D eigenvalue weighted by Crippen LogP contribution is -2.17. The van der Waals surface area contributed by atoms with Crippen LogP contribution in [0.5, 0.6) is 0 Å². The molecule has 2 aromatic carbocycles. The lowest BCUT2D eigenvalue weighted by atomic mass is 10.0. The van der Waals surface area contributed by atoms with Gasteiger partial charge in [0.2, 0.25) is 0 Å². The fourth-order valence-electron chi connectivity index (χ4n) is 1.65. The summed E-state index contributed by atoms with van der Waals surface area (Å²) in [5.74, 6) is -0.434. The van der Waals surface area contributed by atoms with Gasteiger partial charge in [0.25, 0.3) is 5.91 Å². The molecule has 1 N–H and O–H groups in total. The summed E-state index contributed by atoms with van der Waals surface area (Å²) in [7, 11) is 1.58. The van der Waals surface area contributed by atoms with Crippen LogP contribution >= 0.6 is 0 Å². The summed E-state index contributed by atoms with van der Waals surface area (Å²) < 4.78 is 13.1. The van der Waals surface area contributed by atoms with Crippen LogP contribution in [0.3, 0.4) is 0 Å². The Hall–Kier alpha value is -2.16. The molecule has 86 valence electrons. The largest absolute Gasteiger partial charge is 0.355 e. The number of amides is 1. The van der Waals surface area contributed by atoms with E-state index >= 15 is 0 Å². The SMILES string of the molecule is CNC(=O)c1cccc(-c2cccc(F)c2)c1. The molecule has 0 atom stereocenters. The van der Waals surface area contributed by atoms with E-state index in [2.05, 4.69) is 5.32 Å². The summed E-state index contributed by atoms with van der Waals surface area (Å²) in [6.45, 7) is 0. The highest BCUT2D eigenvalue weighted by atomic mass is 19.1. The Bertz CT molecular complexity index is 551. The summed E-state index contributed by atoms with van der Waals surface area (Å²) in [5.41, 5.74) is 2.15. The first-order valence-electron chi connectivity index (χ1n) is 5.29. The standard InChI is InChI=1S/C14H12FNO/c1-16-14(17)12-6-2-4-10(8-12)11-5-3-7-13(15)9-11/h2-9H,1H3,(H,16,17). The minimum Gasteiger partial charge on any atom is -0.355 e. The average Bonchev–Trinajstić information content (AvgIpc) is 2.38. The van der Waals surface area contributed by atoms with Crippen LogP contribution in [0.25, 0.3) is 11.1 Å². The van der Waals surface area contributed by atoms with Gasteiger partial charge in [0.15, 0.2) is 0 Å². The summed E-state index contributed by atoms with van der Waals surface area (Å²) in [6, 6.07) is 13.4. The van der Waals surface area contributed by atoms with Crippen LogP contribution in [0.1, 0.15) is 10.4 Å². The van der Waals surface area contributed by atoms with Crippen LogP contribution < -0.4 is 5.32 Å². The van der Waals surface area contributed by atoms with Crippen molar-refractivity contribution in [3.63, 3.8) is 0 Å². The molecular weight excluding hydrogens is 217 g/mol. The van der Waals surface area contributed by atoms with E-state index in [9.17, 15) is 9.18 Å². The van der Waals surface area contributed by atoms with Gasteiger partial charge < -0.3 is 5.32 Å². The number of benzene rings is 2. The molecule has 0 aliphatic rings. The third kappa shape index (κ3) is 2.50. The zero-order valence-electron chi connectivity index (χ0n) is 9.41. The molecule has 0 radical (unpaired) electrons. The lowest BCUT2D eigenvalue weighted by molar-refractivity contribution is 0.0963. The van der Waals surface area contributed by atoms with Crippen molar-refractivity contribution in [2.24, 2.45) is 0 Å². The molecule has 2 rings (SSSR count). The summed E-state index contributed by atoms with van der Waals surface area (Å²) in [6.07, 6.45) is 0. The van der Waals surface area contributed by atoms with E-state index in [-0.39, 0.29) is 11.7 Å². The molecular formula is C14H12FNO. The van der Waals surface area contributed by atoms with Gasteiger partial charge in [-0.05, 0) is 35.4 Å². The van der Waals surface area contributed by atoms with Crippen LogP contribution in [0.4, 0.5) is 4.39 Å². The number of rotatable bonds is 2. The first-order valence-corrected chi connectivity index (χ1v) is 5.29. The van der Waals surface area contributed by atoms with Gasteiger partial charge in [-0.15, -0.1) is 0 Å². The van der Waals surface area contributed by atoms with Crippen molar-refractivity contribution < 1.29 is 9.18 Å². The van der Waals surface area contributed by atoms with Crippen LogP contribution in [-0.2, 0) is 0 Å². The van der Waals surface area contributed by atoms with E-state index in [1.165, 1.54) is 12.1 Å². The number of hydrogen-bond donors (Lipinski definition) is 1. The Morgan fingerprint density at radius 1 is 1.06 bits per heavy atom. The fourth-order valence-corrected chi connectivity index (χ4v) is 1.65. The number of carbonyl (C=O) groups excluding carboxylic acids is 1. The van der Waals surface area contributed by atoms with E-state index in [0.717, 1.165) is 11.1 Å². The number of halogens is 1. The Kier molecular flexibility index (Phi) is 3.19. The van der Waals surface area contributed by atoms with E-state index in [0.29, 0.717) is 5.56 Å². The Labute approximate surface area is 99.1 Å². The van der Waals surface area contributed by atoms with Gasteiger partial charge in [0.1, 0.15) is 5.82 Å². The highest BCUT2D eigenvalue weighted by molar-refractivity contribution is 5.95. The van der Waals surface area contributed by atoms with Crippen molar-refractivity contribution in [3.8, 4) is 11.1 Å². The third-order valence-electron chi connectivity index (χ3n) is 2.51. The Morgan fingerprint density at radius 2 is 1.71 bits per heavy atom. The van der Waals surface area contributed by atoms with Gasteiger partial charge >= 0.3 is 0 Å². The summed E-state index contributed by atoms with van der Waals surface area (Å²) in [4.78, 5) is 11.5. The molecule has 0 bridgehead atoms. The molecule has 0 aliphatic heterocycles. The van der Waals surface area contributed by atoms with Crippen molar-refractivity contribution >= 4 is 5.91 Å². The topological polar surface area (TPSA) is 29.1 Å². The minimum atomic E-state index is -0.284. The van der Waals surface area contributed by atoms with Gasteiger partial charge in [-0.1, -0.05) is 24.3 Å². The number of nitrogens with one attached hydrogen (secondary N) is 1. The molecule has 0 spiro atoms. The Balaban J connectivity index is 2.43. The van der Waals surface area contributed by atoms with Crippen LogP contribution in [0, 0.1) is 5.82 Å². The van der Waals surface area contributed by atoms with Crippen LogP contribution in [-0.4, -0.2) is 13.0 Å². The average molecular weight is 229 g/mol. The zero-order chi connectivity index (χ0) is 12.3. The molecule has 0 aromatic heterocycles. The molecule has 0 saturated heterocycles. The maximum atomic E-state index is 13.1. The summed E-state index contributed by atoms with van der Waals surface area (Å²) >= 11 is 0. The van der Waals surface area contributed by atoms with Gasteiger partial charge in [0.05, 0.1) is 0 Å². The predicted octanol–water partition coefficient (Wildman–Crippen LogP) is 2.85. The second-order valence-electron chi connectivity index (χ2n) is 3.67. The maximum absolute atomic E-state index is 13.1. The van der Waals surface area contributed by atoms with Crippen LogP contribution in [0.2, 0.25) is 0 Å². The molecule has 0 saturated carbocycles. The molecule has 1 amide bonds. The summed E-state index contributed by atoms with van der Waals surface area (Å²) in [5, 5.41) is 2.56. The number of carbonyl (C=O) groups is 1. The zero-order valence-corrected chi connectivity index (χ0v) is 9.41. The minimum absolute atomic E-state index is 0.150. The second kappa shape index (κ2) is 4.78. The molecule has 2 aromatic rings. The van der Waals surface area contributed by atoms with Crippen LogP contribution in [0.15, 0.2) is 48.5 Å². The molecule has 17 heavy (non-hydrogen) atoms. The molecule has 0 heterocycles. The van der Waals surface area contributed by atoms with Crippen molar-refractivity contribution in [2.75, 3.05) is 7.05 Å². The van der Waals surface area contributed by atoms with Gasteiger partial charge in [-0.25, -0.2) is 4.39 Å². The van der Waals surface area contributed by atoms with Gasteiger partial charge in [-0.3, -0.25) is 4.79 Å². The first-order chi connectivity index (χ1) is 8.20. The first kappa shape index (κ1) is 11.3. The van der Waals surface area contributed by atoms with E-state index in [1.54, 1.807) is 31.3 Å². The van der Waals surface area contributed by atoms with Gasteiger partial charge in [0, 0.05) is 12.6 Å². The molecule has 3 heteroatoms. The van der Waals surface area contributed by atoms with E-state index < -0.39 is 0 Å². The fraction of sp³-hybridized carbons (Fsp3) is 0.0714. The monoisotopic (exact) mass is 229 g/mol. The number of hydrogen-bond acceptors (Lipinski definition) is 1. The molecule has 0 aliphatic carbocycles. The lowest BCUT2D eigenvalue weighted by Gasteiger charge is -2.04. The highest BCUT2D eigenvalue weighted by Gasteiger charge is 2.05. The quantitative estimate of drug-likeness (QED) is 0.842. The van der Waals surface area contributed by atoms with Gasteiger partial charge in [-0.2, -0.15) is 0 Å². The van der Waals surface area contributed by atoms with Crippen molar-refractivity contribution in [1.29, 1.82) is 0 Å². The maximum Gasteiger partial charge on any atom is 0.251 e. The highest BCUT2D eigenvalue weighted by Crippen LogP contribution is 2.21. The van der Waals surface area contributed by atoms with E-state index in [4.69, 9.17) is 0 Å². The predicted molar refractivity (Wildman–Crippen MR) is 65.2 cm³/mol. The second-order valence-corrected chi connectivity index (χ2v) is 3.67. The normalized spacial score (nSPS) is 10.0. The molecule has 0 unspecified atom stereocenters. The third-order valence-corrected chi connectivity index (χ3v) is 2.51. The smallest absolute Gasteiger partial charge is 0.251 e. The van der Waals surface area contributed by atoms with Crippen molar-refractivity contribution in [3.05, 3.63) is 59.9 Å². The Morgan fingerprint density at radius 3 is 2.35 bits per heavy atom. The molecule has 0 fully saturated rings. The van der Waals surface area contributed by atoms with Crippen molar-refractivity contribution in [1.82, 2.24) is 5.32 Å².